The van der Waals surface area contributed by atoms with E-state index >= 15 is 0 Å². The molecule has 2 nitrogen and oxygen atoms in total. The van der Waals surface area contributed by atoms with Crippen LogP contribution in [-0.4, -0.2) is 20.3 Å². The Morgan fingerprint density at radius 3 is 2.68 bits per heavy atom. The number of nitrogens with one attached hydrogen (secondary N) is 1. The molecular formula is C15H23Cl2NO. The van der Waals surface area contributed by atoms with Crippen LogP contribution >= 0.6 is 23.2 Å². The maximum Gasteiger partial charge on any atom is 0.0465 e. The summed E-state index contributed by atoms with van der Waals surface area (Å²) in [4.78, 5) is 0. The van der Waals surface area contributed by atoms with Crippen molar-refractivity contribution in [2.75, 3.05) is 20.3 Å². The molecule has 0 spiro atoms. The minimum absolute atomic E-state index is 0.210. The van der Waals surface area contributed by atoms with E-state index in [1.54, 1.807) is 7.11 Å². The molecule has 0 heterocycles. The first kappa shape index (κ1) is 16.8. The lowest BCUT2D eigenvalue weighted by atomic mass is 9.92. The van der Waals surface area contributed by atoms with Crippen molar-refractivity contribution < 1.29 is 4.74 Å². The van der Waals surface area contributed by atoms with E-state index in [-0.39, 0.29) is 6.04 Å². The van der Waals surface area contributed by atoms with Crippen LogP contribution in [0.3, 0.4) is 0 Å². The fourth-order valence-electron chi connectivity index (χ4n) is 2.14. The van der Waals surface area contributed by atoms with Gasteiger partial charge in [0, 0.05) is 29.8 Å². The molecule has 4 heteroatoms. The standard InChI is InChI=1S/C15H23Cl2NO/c1-4-8-18-15(11(2)7-9-19-3)13-10-12(16)5-6-14(13)17/h5-6,10-11,15,18H,4,7-9H2,1-3H3. The summed E-state index contributed by atoms with van der Waals surface area (Å²) in [6.07, 6.45) is 2.08. The summed E-state index contributed by atoms with van der Waals surface area (Å²) < 4.78 is 5.17. The quantitative estimate of drug-likeness (QED) is 0.751. The third-order valence-electron chi connectivity index (χ3n) is 3.25. The highest BCUT2D eigenvalue weighted by atomic mass is 35.5. The highest BCUT2D eigenvalue weighted by Gasteiger charge is 2.21. The molecule has 1 aromatic rings. The minimum Gasteiger partial charge on any atom is -0.385 e. The molecule has 108 valence electrons. The molecule has 0 aliphatic rings. The molecule has 2 atom stereocenters. The van der Waals surface area contributed by atoms with Gasteiger partial charge in [0.25, 0.3) is 0 Å². The number of methoxy groups -OCH3 is 1. The van der Waals surface area contributed by atoms with Gasteiger partial charge in [-0.1, -0.05) is 37.0 Å². The van der Waals surface area contributed by atoms with E-state index in [2.05, 4.69) is 19.2 Å². The fourth-order valence-corrected chi connectivity index (χ4v) is 2.56. The zero-order valence-corrected chi connectivity index (χ0v) is 13.4. The Hall–Kier alpha value is -0.280. The first-order valence-corrected chi connectivity index (χ1v) is 7.53. The monoisotopic (exact) mass is 303 g/mol. The highest BCUT2D eigenvalue weighted by molar-refractivity contribution is 6.33. The van der Waals surface area contributed by atoms with Gasteiger partial charge >= 0.3 is 0 Å². The molecule has 0 aliphatic heterocycles. The topological polar surface area (TPSA) is 21.3 Å². The van der Waals surface area contributed by atoms with Gasteiger partial charge in [0.05, 0.1) is 0 Å². The molecule has 0 aromatic heterocycles. The summed E-state index contributed by atoms with van der Waals surface area (Å²) in [6.45, 7) is 6.08. The van der Waals surface area contributed by atoms with Crippen LogP contribution in [0.2, 0.25) is 10.0 Å². The molecular weight excluding hydrogens is 281 g/mol. The van der Waals surface area contributed by atoms with Gasteiger partial charge in [0.1, 0.15) is 0 Å². The van der Waals surface area contributed by atoms with Gasteiger partial charge in [-0.3, -0.25) is 0 Å². The van der Waals surface area contributed by atoms with Crippen LogP contribution in [0.15, 0.2) is 18.2 Å². The van der Waals surface area contributed by atoms with Crippen LogP contribution in [-0.2, 0) is 4.74 Å². The van der Waals surface area contributed by atoms with Crippen LogP contribution in [0, 0.1) is 5.92 Å². The van der Waals surface area contributed by atoms with E-state index in [4.69, 9.17) is 27.9 Å². The van der Waals surface area contributed by atoms with Gasteiger partial charge in [0.15, 0.2) is 0 Å². The van der Waals surface area contributed by atoms with E-state index in [1.165, 1.54) is 0 Å². The molecule has 0 fully saturated rings. The number of rotatable bonds is 8. The minimum atomic E-state index is 0.210. The number of benzene rings is 1. The predicted octanol–water partition coefficient (Wildman–Crippen LogP) is 4.71. The molecule has 0 amide bonds. The molecule has 19 heavy (non-hydrogen) atoms. The maximum atomic E-state index is 6.32. The second-order valence-electron chi connectivity index (χ2n) is 4.86. The number of halogens is 2. The van der Waals surface area contributed by atoms with Gasteiger partial charge in [-0.2, -0.15) is 0 Å². The van der Waals surface area contributed by atoms with Crippen LogP contribution in [0.1, 0.15) is 38.3 Å². The average Bonchev–Trinajstić information content (AvgIpc) is 2.40. The Labute approximate surface area is 126 Å². The van der Waals surface area contributed by atoms with Crippen molar-refractivity contribution in [2.45, 2.75) is 32.7 Å². The zero-order chi connectivity index (χ0) is 14.3. The van der Waals surface area contributed by atoms with Crippen molar-refractivity contribution in [3.05, 3.63) is 33.8 Å². The largest absolute Gasteiger partial charge is 0.385 e. The summed E-state index contributed by atoms with van der Waals surface area (Å²) in [7, 11) is 1.73. The fraction of sp³-hybridized carbons (Fsp3) is 0.600. The van der Waals surface area contributed by atoms with E-state index in [1.807, 2.05) is 18.2 Å². The lowest BCUT2D eigenvalue weighted by molar-refractivity contribution is 0.170. The third-order valence-corrected chi connectivity index (χ3v) is 3.83. The van der Waals surface area contributed by atoms with Gasteiger partial charge in [-0.15, -0.1) is 0 Å². The molecule has 1 N–H and O–H groups in total. The Balaban J connectivity index is 2.91. The van der Waals surface area contributed by atoms with Crippen molar-refractivity contribution in [1.29, 1.82) is 0 Å². The van der Waals surface area contributed by atoms with E-state index < -0.39 is 0 Å². The summed E-state index contributed by atoms with van der Waals surface area (Å²) in [5.74, 6) is 0.433. The second-order valence-corrected chi connectivity index (χ2v) is 5.70. The lowest BCUT2D eigenvalue weighted by Crippen LogP contribution is -2.28. The molecule has 2 unspecified atom stereocenters. The van der Waals surface area contributed by atoms with Crippen LogP contribution in [0.25, 0.3) is 0 Å². The van der Waals surface area contributed by atoms with Crippen molar-refractivity contribution in [2.24, 2.45) is 5.92 Å². The lowest BCUT2D eigenvalue weighted by Gasteiger charge is -2.26. The molecule has 0 saturated carbocycles. The molecule has 1 rings (SSSR count). The Morgan fingerprint density at radius 1 is 1.32 bits per heavy atom. The van der Waals surface area contributed by atoms with Crippen molar-refractivity contribution in [3.63, 3.8) is 0 Å². The molecule has 1 aromatic carbocycles. The van der Waals surface area contributed by atoms with Crippen LogP contribution in [0.5, 0.6) is 0 Å². The molecule has 0 radical (unpaired) electrons. The number of hydrogen-bond acceptors (Lipinski definition) is 2. The molecule has 0 aliphatic carbocycles. The van der Waals surface area contributed by atoms with Crippen molar-refractivity contribution >= 4 is 23.2 Å². The van der Waals surface area contributed by atoms with Gasteiger partial charge in [-0.25, -0.2) is 0 Å². The van der Waals surface area contributed by atoms with E-state index in [0.29, 0.717) is 5.92 Å². The summed E-state index contributed by atoms with van der Waals surface area (Å²) in [5, 5.41) is 5.05. The van der Waals surface area contributed by atoms with Gasteiger partial charge < -0.3 is 10.1 Å². The second kappa shape index (κ2) is 8.80. The summed E-state index contributed by atoms with van der Waals surface area (Å²) in [6, 6.07) is 5.86. The first-order valence-electron chi connectivity index (χ1n) is 6.77. The Morgan fingerprint density at radius 2 is 2.05 bits per heavy atom. The Kier molecular flexibility index (Phi) is 7.77. The first-order chi connectivity index (χ1) is 9.10. The third kappa shape index (κ3) is 5.31. The van der Waals surface area contributed by atoms with Crippen LogP contribution < -0.4 is 5.32 Å². The van der Waals surface area contributed by atoms with Gasteiger partial charge in [-0.05, 0) is 49.1 Å². The summed E-state index contributed by atoms with van der Waals surface area (Å²) in [5.41, 5.74) is 1.08. The smallest absolute Gasteiger partial charge is 0.0465 e. The predicted molar refractivity (Wildman–Crippen MR) is 83.2 cm³/mol. The van der Waals surface area contributed by atoms with Crippen molar-refractivity contribution in [3.8, 4) is 0 Å². The van der Waals surface area contributed by atoms with Gasteiger partial charge in [0.2, 0.25) is 0 Å². The summed E-state index contributed by atoms with van der Waals surface area (Å²) >= 11 is 12.4. The average molecular weight is 304 g/mol. The zero-order valence-electron chi connectivity index (χ0n) is 11.9. The maximum absolute atomic E-state index is 6.32. The highest BCUT2D eigenvalue weighted by Crippen LogP contribution is 2.32. The van der Waals surface area contributed by atoms with Crippen LogP contribution in [0.4, 0.5) is 0 Å². The van der Waals surface area contributed by atoms with Crippen molar-refractivity contribution in [1.82, 2.24) is 5.32 Å². The SMILES string of the molecule is CCCNC(c1cc(Cl)ccc1Cl)C(C)CCOC. The Bertz CT molecular complexity index is 384. The normalized spacial score (nSPS) is 14.4. The molecule has 0 saturated heterocycles. The van der Waals surface area contributed by atoms with E-state index in [0.717, 1.165) is 41.6 Å². The molecule has 0 bridgehead atoms. The number of ether oxygens (including phenoxy) is 1. The van der Waals surface area contributed by atoms with E-state index in [9.17, 15) is 0 Å². The number of hydrogen-bond donors (Lipinski definition) is 1.